The molecule has 0 radical (unpaired) electrons. The molecule has 0 saturated carbocycles. The van der Waals surface area contributed by atoms with Crippen LogP contribution in [0.3, 0.4) is 0 Å². The van der Waals surface area contributed by atoms with Crippen molar-refractivity contribution in [3.63, 3.8) is 0 Å². The summed E-state index contributed by atoms with van der Waals surface area (Å²) in [6, 6.07) is 11.4. The molecule has 1 saturated heterocycles. The molecule has 7 heteroatoms. The van der Waals surface area contributed by atoms with Crippen molar-refractivity contribution in [1.82, 2.24) is 5.32 Å². The summed E-state index contributed by atoms with van der Waals surface area (Å²) in [5, 5.41) is 3.46. The van der Waals surface area contributed by atoms with Crippen LogP contribution >= 0.6 is 23.4 Å². The van der Waals surface area contributed by atoms with E-state index < -0.39 is 11.6 Å². The van der Waals surface area contributed by atoms with Crippen molar-refractivity contribution < 1.29 is 13.6 Å². The van der Waals surface area contributed by atoms with Gasteiger partial charge in [0.05, 0.1) is 5.25 Å². The number of rotatable bonds is 6. The molecule has 1 aliphatic rings. The number of thioether (sulfide) groups is 1. The van der Waals surface area contributed by atoms with Crippen LogP contribution in [0.1, 0.15) is 13.3 Å². The Hall–Kier alpha value is -1.79. The minimum Gasteiger partial charge on any atom is -0.371 e. The van der Waals surface area contributed by atoms with E-state index in [-0.39, 0.29) is 17.1 Å². The fraction of sp³-hybridized carbons (Fsp3) is 0.350. The van der Waals surface area contributed by atoms with E-state index in [0.717, 1.165) is 23.9 Å². The van der Waals surface area contributed by atoms with Crippen LogP contribution in [-0.2, 0) is 4.79 Å². The third-order valence-corrected chi connectivity index (χ3v) is 5.98. The molecule has 2 atom stereocenters. The Morgan fingerprint density at radius 3 is 2.70 bits per heavy atom. The molecule has 27 heavy (non-hydrogen) atoms. The van der Waals surface area contributed by atoms with Gasteiger partial charge < -0.3 is 10.2 Å². The Kier molecular flexibility index (Phi) is 6.60. The molecule has 3 nitrogen and oxygen atoms in total. The summed E-state index contributed by atoms with van der Waals surface area (Å²) in [7, 11) is 0. The van der Waals surface area contributed by atoms with Gasteiger partial charge in [0.2, 0.25) is 5.91 Å². The highest BCUT2D eigenvalue weighted by Gasteiger charge is 2.24. The van der Waals surface area contributed by atoms with Gasteiger partial charge in [-0.25, -0.2) is 8.78 Å². The number of carbonyl (C=O) groups is 1. The summed E-state index contributed by atoms with van der Waals surface area (Å²) < 4.78 is 26.5. The monoisotopic (exact) mass is 410 g/mol. The molecule has 1 fully saturated rings. The van der Waals surface area contributed by atoms with Crippen molar-refractivity contribution >= 4 is 35.0 Å². The second-order valence-electron chi connectivity index (χ2n) is 6.66. The summed E-state index contributed by atoms with van der Waals surface area (Å²) in [5.41, 5.74) is 0.675. The summed E-state index contributed by atoms with van der Waals surface area (Å²) >= 11 is 7.36. The third kappa shape index (κ3) is 5.36. The lowest BCUT2D eigenvalue weighted by atomic mass is 10.1. The van der Waals surface area contributed by atoms with Gasteiger partial charge in [0, 0.05) is 41.3 Å². The molecule has 1 aliphatic heterocycles. The average molecular weight is 411 g/mol. The maximum atomic E-state index is 13.4. The van der Waals surface area contributed by atoms with E-state index in [1.54, 1.807) is 18.2 Å². The molecular weight excluding hydrogens is 390 g/mol. The van der Waals surface area contributed by atoms with Crippen LogP contribution < -0.4 is 10.2 Å². The fourth-order valence-electron chi connectivity index (χ4n) is 3.07. The van der Waals surface area contributed by atoms with Gasteiger partial charge in [-0.3, -0.25) is 4.79 Å². The molecule has 1 heterocycles. The normalized spacial score (nSPS) is 17.8. The zero-order valence-electron chi connectivity index (χ0n) is 14.9. The summed E-state index contributed by atoms with van der Waals surface area (Å²) in [5.74, 6) is -1.40. The van der Waals surface area contributed by atoms with Crippen molar-refractivity contribution in [1.29, 1.82) is 0 Å². The van der Waals surface area contributed by atoms with E-state index in [4.69, 9.17) is 11.6 Å². The Morgan fingerprint density at radius 1 is 1.26 bits per heavy atom. The molecule has 0 spiro atoms. The number of hydrogen-bond donors (Lipinski definition) is 1. The van der Waals surface area contributed by atoms with Crippen molar-refractivity contribution in [2.45, 2.75) is 23.5 Å². The first-order valence-electron chi connectivity index (χ1n) is 8.82. The van der Waals surface area contributed by atoms with E-state index in [9.17, 15) is 13.6 Å². The molecule has 0 aromatic heterocycles. The SMILES string of the molecule is CC(Sc1ccc(Cl)cc1)C(=O)NCC1CCN(c2ccc(F)c(F)c2)C1. The predicted molar refractivity (Wildman–Crippen MR) is 106 cm³/mol. The first kappa shape index (κ1) is 20.0. The van der Waals surface area contributed by atoms with Gasteiger partial charge >= 0.3 is 0 Å². The maximum absolute atomic E-state index is 13.4. The largest absolute Gasteiger partial charge is 0.371 e. The maximum Gasteiger partial charge on any atom is 0.233 e. The quantitative estimate of drug-likeness (QED) is 0.698. The van der Waals surface area contributed by atoms with Gasteiger partial charge in [-0.2, -0.15) is 0 Å². The van der Waals surface area contributed by atoms with Crippen molar-refractivity contribution in [2.24, 2.45) is 5.92 Å². The minimum absolute atomic E-state index is 0.0128. The van der Waals surface area contributed by atoms with Gasteiger partial charge in [0.1, 0.15) is 0 Å². The first-order chi connectivity index (χ1) is 12.9. The highest BCUT2D eigenvalue weighted by molar-refractivity contribution is 8.00. The van der Waals surface area contributed by atoms with Gasteiger partial charge in [0.15, 0.2) is 11.6 Å². The van der Waals surface area contributed by atoms with Crippen molar-refractivity contribution in [3.05, 3.63) is 59.1 Å². The molecule has 1 N–H and O–H groups in total. The second kappa shape index (κ2) is 8.93. The summed E-state index contributed by atoms with van der Waals surface area (Å²) in [6.07, 6.45) is 0.901. The number of nitrogens with one attached hydrogen (secondary N) is 1. The van der Waals surface area contributed by atoms with E-state index >= 15 is 0 Å². The van der Waals surface area contributed by atoms with Crippen LogP contribution in [0, 0.1) is 17.6 Å². The van der Waals surface area contributed by atoms with E-state index in [2.05, 4.69) is 5.32 Å². The van der Waals surface area contributed by atoms with Crippen LogP contribution in [0.5, 0.6) is 0 Å². The Bertz CT molecular complexity index is 803. The molecule has 0 bridgehead atoms. The minimum atomic E-state index is -0.839. The molecule has 0 aliphatic carbocycles. The number of carbonyl (C=O) groups excluding carboxylic acids is 1. The number of benzene rings is 2. The van der Waals surface area contributed by atoms with Crippen LogP contribution in [0.15, 0.2) is 47.4 Å². The van der Waals surface area contributed by atoms with Crippen LogP contribution in [0.25, 0.3) is 0 Å². The number of nitrogens with zero attached hydrogens (tertiary/aromatic N) is 1. The highest BCUT2D eigenvalue weighted by Crippen LogP contribution is 2.26. The predicted octanol–water partition coefficient (Wildman–Crippen LogP) is 4.74. The molecule has 1 amide bonds. The highest BCUT2D eigenvalue weighted by atomic mass is 35.5. The summed E-state index contributed by atoms with van der Waals surface area (Å²) in [6.45, 7) is 3.92. The molecular formula is C20H21ClF2N2OS. The van der Waals surface area contributed by atoms with Crippen molar-refractivity contribution in [3.8, 4) is 0 Å². The molecule has 2 unspecified atom stereocenters. The van der Waals surface area contributed by atoms with E-state index in [0.29, 0.717) is 23.8 Å². The second-order valence-corrected chi connectivity index (χ2v) is 8.51. The zero-order chi connectivity index (χ0) is 19.4. The molecule has 3 rings (SSSR count). The lowest BCUT2D eigenvalue weighted by Crippen LogP contribution is -2.35. The van der Waals surface area contributed by atoms with E-state index in [1.165, 1.54) is 17.8 Å². The number of halogens is 3. The number of anilines is 1. The van der Waals surface area contributed by atoms with Crippen molar-refractivity contribution in [2.75, 3.05) is 24.5 Å². The first-order valence-corrected chi connectivity index (χ1v) is 10.1. The van der Waals surface area contributed by atoms with Crippen LogP contribution in [0.4, 0.5) is 14.5 Å². The Balaban J connectivity index is 1.46. The lowest BCUT2D eigenvalue weighted by Gasteiger charge is -2.19. The smallest absolute Gasteiger partial charge is 0.233 e. The van der Waals surface area contributed by atoms with Gasteiger partial charge in [-0.1, -0.05) is 11.6 Å². The topological polar surface area (TPSA) is 32.3 Å². The number of amides is 1. The van der Waals surface area contributed by atoms with Gasteiger partial charge in [-0.05, 0) is 55.7 Å². The standard InChI is InChI=1S/C20H21ClF2N2OS/c1-13(27-17-5-2-15(21)3-6-17)20(26)24-11-14-8-9-25(12-14)16-4-7-18(22)19(23)10-16/h2-7,10,13-14H,8-9,11-12H2,1H3,(H,24,26). The Labute approximate surface area is 167 Å². The Morgan fingerprint density at radius 2 is 2.00 bits per heavy atom. The zero-order valence-corrected chi connectivity index (χ0v) is 16.5. The lowest BCUT2D eigenvalue weighted by molar-refractivity contribution is -0.120. The average Bonchev–Trinajstić information content (AvgIpc) is 3.13. The number of hydrogen-bond acceptors (Lipinski definition) is 3. The molecule has 2 aromatic carbocycles. The van der Waals surface area contributed by atoms with Crippen LogP contribution in [-0.4, -0.2) is 30.8 Å². The third-order valence-electron chi connectivity index (χ3n) is 4.61. The molecule has 144 valence electrons. The molecule has 2 aromatic rings. The van der Waals surface area contributed by atoms with Crippen LogP contribution in [0.2, 0.25) is 5.02 Å². The van der Waals surface area contributed by atoms with Gasteiger partial charge in [-0.15, -0.1) is 11.8 Å². The summed E-state index contributed by atoms with van der Waals surface area (Å²) in [4.78, 5) is 15.4. The van der Waals surface area contributed by atoms with E-state index in [1.807, 2.05) is 24.0 Å². The fourth-order valence-corrected chi connectivity index (χ4v) is 4.09. The van der Waals surface area contributed by atoms with Gasteiger partial charge in [0.25, 0.3) is 0 Å².